The minimum Gasteiger partial charge on any atom is -0.364 e. The van der Waals surface area contributed by atoms with Gasteiger partial charge in [-0.1, -0.05) is 30.3 Å². The highest BCUT2D eigenvalue weighted by atomic mass is 15.2. The zero-order valence-electron chi connectivity index (χ0n) is 11.7. The van der Waals surface area contributed by atoms with Crippen molar-refractivity contribution in [1.82, 2.24) is 0 Å². The van der Waals surface area contributed by atoms with E-state index in [9.17, 15) is 0 Å². The molecule has 2 aromatic rings. The molecule has 2 aromatic carbocycles. The fourth-order valence-corrected chi connectivity index (χ4v) is 2.88. The van der Waals surface area contributed by atoms with Gasteiger partial charge in [0.25, 0.3) is 0 Å². The van der Waals surface area contributed by atoms with E-state index in [0.717, 1.165) is 12.1 Å². The fraction of sp³-hybridized carbons (Fsp3) is 0.278. The Labute approximate surface area is 120 Å². The molecule has 0 N–H and O–H groups in total. The lowest BCUT2D eigenvalue weighted by molar-refractivity contribution is 0.560. The lowest BCUT2D eigenvalue weighted by atomic mass is 9.96. The first-order chi connectivity index (χ1) is 9.78. The van der Waals surface area contributed by atoms with Crippen LogP contribution in [0.4, 0.5) is 5.69 Å². The maximum atomic E-state index is 8.86. The van der Waals surface area contributed by atoms with E-state index >= 15 is 0 Å². The molecule has 0 saturated carbocycles. The summed E-state index contributed by atoms with van der Waals surface area (Å²) in [6.45, 7) is 3.20. The zero-order valence-corrected chi connectivity index (χ0v) is 11.7. The lowest BCUT2D eigenvalue weighted by Crippen LogP contribution is -2.36. The quantitative estimate of drug-likeness (QED) is 0.820. The highest BCUT2D eigenvalue weighted by Gasteiger charge is 2.22. The van der Waals surface area contributed by atoms with Crippen LogP contribution in [0.15, 0.2) is 48.5 Å². The Hall–Kier alpha value is -2.27. The Morgan fingerprint density at radius 3 is 2.65 bits per heavy atom. The van der Waals surface area contributed by atoms with Crippen LogP contribution in [0, 0.1) is 11.3 Å². The molecule has 1 aliphatic rings. The van der Waals surface area contributed by atoms with Gasteiger partial charge >= 0.3 is 0 Å². The third kappa shape index (κ3) is 2.40. The molecule has 0 aliphatic carbocycles. The van der Waals surface area contributed by atoms with E-state index in [1.165, 1.54) is 29.7 Å². The molecule has 0 radical (unpaired) electrons. The number of benzene rings is 2. The van der Waals surface area contributed by atoms with Gasteiger partial charge in [0.2, 0.25) is 0 Å². The van der Waals surface area contributed by atoms with Crippen molar-refractivity contribution in [2.75, 3.05) is 4.90 Å². The van der Waals surface area contributed by atoms with E-state index in [2.05, 4.69) is 54.3 Å². The average Bonchev–Trinajstić information content (AvgIpc) is 2.51. The van der Waals surface area contributed by atoms with Gasteiger partial charge in [-0.3, -0.25) is 0 Å². The maximum Gasteiger partial charge on any atom is 0.0991 e. The van der Waals surface area contributed by atoms with Crippen LogP contribution < -0.4 is 4.90 Å². The topological polar surface area (TPSA) is 27.0 Å². The summed E-state index contributed by atoms with van der Waals surface area (Å²) in [6, 6.07) is 19.3. The van der Waals surface area contributed by atoms with Crippen molar-refractivity contribution in [3.05, 3.63) is 65.2 Å². The highest BCUT2D eigenvalue weighted by Crippen LogP contribution is 2.31. The van der Waals surface area contributed by atoms with Gasteiger partial charge < -0.3 is 4.90 Å². The first-order valence-corrected chi connectivity index (χ1v) is 7.11. The zero-order chi connectivity index (χ0) is 13.9. The summed E-state index contributed by atoms with van der Waals surface area (Å²) in [5.41, 5.74) is 4.78. The third-order valence-electron chi connectivity index (χ3n) is 4.10. The molecule has 2 heteroatoms. The van der Waals surface area contributed by atoms with Crippen molar-refractivity contribution in [2.24, 2.45) is 0 Å². The Kier molecular flexibility index (Phi) is 3.43. The van der Waals surface area contributed by atoms with Crippen molar-refractivity contribution in [3.63, 3.8) is 0 Å². The number of nitriles is 1. The number of fused-ring (bicyclic) bond motifs is 1. The first kappa shape index (κ1) is 12.7. The lowest BCUT2D eigenvalue weighted by Gasteiger charge is -2.37. The molecular weight excluding hydrogens is 244 g/mol. The third-order valence-corrected chi connectivity index (χ3v) is 4.10. The number of anilines is 1. The van der Waals surface area contributed by atoms with Crippen LogP contribution in [0.5, 0.6) is 0 Å². The van der Waals surface area contributed by atoms with Crippen molar-refractivity contribution < 1.29 is 0 Å². The van der Waals surface area contributed by atoms with E-state index in [0.29, 0.717) is 6.04 Å². The van der Waals surface area contributed by atoms with Gasteiger partial charge in [0, 0.05) is 18.3 Å². The fourth-order valence-electron chi connectivity index (χ4n) is 2.88. The SMILES string of the molecule is CC1CCc2ccccc2N1Cc1ccc(C#N)cc1. The second kappa shape index (κ2) is 5.38. The smallest absolute Gasteiger partial charge is 0.0991 e. The number of nitrogens with zero attached hydrogens (tertiary/aromatic N) is 2. The van der Waals surface area contributed by atoms with Gasteiger partial charge in [-0.15, -0.1) is 0 Å². The largest absolute Gasteiger partial charge is 0.364 e. The monoisotopic (exact) mass is 262 g/mol. The van der Waals surface area contributed by atoms with Crippen molar-refractivity contribution in [3.8, 4) is 6.07 Å². The molecule has 0 saturated heterocycles. The Morgan fingerprint density at radius 2 is 1.90 bits per heavy atom. The second-order valence-electron chi connectivity index (χ2n) is 5.45. The predicted octanol–water partition coefficient (Wildman–Crippen LogP) is 3.90. The van der Waals surface area contributed by atoms with Crippen LogP contribution in [-0.4, -0.2) is 6.04 Å². The van der Waals surface area contributed by atoms with Gasteiger partial charge in [-0.2, -0.15) is 5.26 Å². The molecule has 2 nitrogen and oxygen atoms in total. The summed E-state index contributed by atoms with van der Waals surface area (Å²) >= 11 is 0. The molecule has 0 amide bonds. The summed E-state index contributed by atoms with van der Waals surface area (Å²) in [5, 5.41) is 8.86. The van der Waals surface area contributed by atoms with Crippen molar-refractivity contribution in [1.29, 1.82) is 5.26 Å². The predicted molar refractivity (Wildman–Crippen MR) is 81.6 cm³/mol. The molecular formula is C18H18N2. The molecule has 0 aromatic heterocycles. The molecule has 1 aliphatic heterocycles. The van der Waals surface area contributed by atoms with Gasteiger partial charge in [-0.25, -0.2) is 0 Å². The minimum atomic E-state index is 0.556. The van der Waals surface area contributed by atoms with Crippen LogP contribution >= 0.6 is 0 Å². The van der Waals surface area contributed by atoms with Crippen LogP contribution in [0.3, 0.4) is 0 Å². The molecule has 3 rings (SSSR count). The molecule has 100 valence electrons. The molecule has 20 heavy (non-hydrogen) atoms. The summed E-state index contributed by atoms with van der Waals surface area (Å²) in [6.07, 6.45) is 2.37. The highest BCUT2D eigenvalue weighted by molar-refractivity contribution is 5.56. The number of hydrogen-bond acceptors (Lipinski definition) is 2. The molecule has 0 fully saturated rings. The van der Waals surface area contributed by atoms with E-state index in [4.69, 9.17) is 5.26 Å². The average molecular weight is 262 g/mol. The van der Waals surface area contributed by atoms with Gasteiger partial charge in [0.1, 0.15) is 0 Å². The molecule has 0 bridgehead atoms. The normalized spacial score (nSPS) is 17.4. The number of rotatable bonds is 2. The molecule has 1 unspecified atom stereocenters. The van der Waals surface area contributed by atoms with Crippen LogP contribution in [0.1, 0.15) is 30.0 Å². The standard InChI is InChI=1S/C18H18N2/c1-14-6-11-17-4-2-3-5-18(17)20(14)13-16-9-7-15(12-19)8-10-16/h2-5,7-10,14H,6,11,13H2,1H3. The van der Waals surface area contributed by atoms with E-state index < -0.39 is 0 Å². The summed E-state index contributed by atoms with van der Waals surface area (Å²) in [7, 11) is 0. The van der Waals surface area contributed by atoms with Gasteiger partial charge in [0.15, 0.2) is 0 Å². The van der Waals surface area contributed by atoms with E-state index in [1.807, 2.05) is 12.1 Å². The number of para-hydroxylation sites is 1. The summed E-state index contributed by atoms with van der Waals surface area (Å²) < 4.78 is 0. The summed E-state index contributed by atoms with van der Waals surface area (Å²) in [4.78, 5) is 2.47. The number of aryl methyl sites for hydroxylation is 1. The Bertz CT molecular complexity index is 637. The van der Waals surface area contributed by atoms with Gasteiger partial charge in [0.05, 0.1) is 11.6 Å². The minimum absolute atomic E-state index is 0.556. The number of hydrogen-bond donors (Lipinski definition) is 0. The molecule has 1 heterocycles. The van der Waals surface area contributed by atoms with Crippen LogP contribution in [-0.2, 0) is 13.0 Å². The molecule has 0 spiro atoms. The van der Waals surface area contributed by atoms with Gasteiger partial charge in [-0.05, 0) is 49.1 Å². The van der Waals surface area contributed by atoms with E-state index in [-0.39, 0.29) is 0 Å². The van der Waals surface area contributed by atoms with Crippen LogP contribution in [0.2, 0.25) is 0 Å². The second-order valence-corrected chi connectivity index (χ2v) is 5.45. The van der Waals surface area contributed by atoms with E-state index in [1.54, 1.807) is 0 Å². The molecule has 1 atom stereocenters. The van der Waals surface area contributed by atoms with Crippen LogP contribution in [0.25, 0.3) is 0 Å². The Morgan fingerprint density at radius 1 is 1.15 bits per heavy atom. The maximum absolute atomic E-state index is 8.86. The van der Waals surface area contributed by atoms with Crippen molar-refractivity contribution in [2.45, 2.75) is 32.4 Å². The first-order valence-electron chi connectivity index (χ1n) is 7.11. The van der Waals surface area contributed by atoms with Crippen molar-refractivity contribution >= 4 is 5.69 Å². The Balaban J connectivity index is 1.87. The summed E-state index contributed by atoms with van der Waals surface area (Å²) in [5.74, 6) is 0.